The van der Waals surface area contributed by atoms with Crippen LogP contribution in [0.1, 0.15) is 17.3 Å². The number of hydrogen-bond donors (Lipinski definition) is 0. The number of nitrogens with zero attached hydrogens (tertiary/aromatic N) is 4. The summed E-state index contributed by atoms with van der Waals surface area (Å²) in [6.07, 6.45) is 1.90. The largest absolute Gasteiger partial charge is 0.340 e. The lowest BCUT2D eigenvalue weighted by atomic mass is 10.1. The summed E-state index contributed by atoms with van der Waals surface area (Å²) in [5.74, 6) is 1.84. The second-order valence-electron chi connectivity index (χ2n) is 6.02. The van der Waals surface area contributed by atoms with Gasteiger partial charge in [-0.2, -0.15) is 4.98 Å². The summed E-state index contributed by atoms with van der Waals surface area (Å²) in [6.45, 7) is 2.52. The van der Waals surface area contributed by atoms with E-state index in [0.29, 0.717) is 17.5 Å². The molecule has 0 saturated heterocycles. The fourth-order valence-electron chi connectivity index (χ4n) is 2.77. The molecule has 5 nitrogen and oxygen atoms in total. The van der Waals surface area contributed by atoms with E-state index in [0.717, 1.165) is 28.0 Å². The van der Waals surface area contributed by atoms with E-state index in [-0.39, 0.29) is 0 Å². The van der Waals surface area contributed by atoms with Crippen LogP contribution in [0, 0.1) is 6.92 Å². The molecule has 7 heteroatoms. The van der Waals surface area contributed by atoms with Gasteiger partial charge in [-0.05, 0) is 23.3 Å². The minimum absolute atomic E-state index is 0.570. The van der Waals surface area contributed by atoms with Crippen molar-refractivity contribution in [3.8, 4) is 11.3 Å². The van der Waals surface area contributed by atoms with Crippen LogP contribution >= 0.6 is 23.4 Å². The molecule has 0 atom stereocenters. The van der Waals surface area contributed by atoms with Crippen molar-refractivity contribution in [1.29, 1.82) is 0 Å². The lowest BCUT2D eigenvalue weighted by Crippen LogP contribution is -2.04. The van der Waals surface area contributed by atoms with Crippen molar-refractivity contribution in [2.45, 2.75) is 24.4 Å². The number of aryl methyl sites for hydroxylation is 1. The standard InChI is InChI=1S/C20H17ClN4OS/c1-14-23-19(24-26-14)13-27-20-22-11-18(16-7-9-17(21)10-8-16)25(20)12-15-5-3-2-4-6-15/h2-11H,12-13H2,1H3. The lowest BCUT2D eigenvalue weighted by molar-refractivity contribution is 0.389. The molecule has 0 amide bonds. The highest BCUT2D eigenvalue weighted by Gasteiger charge is 2.14. The van der Waals surface area contributed by atoms with E-state index >= 15 is 0 Å². The van der Waals surface area contributed by atoms with Gasteiger partial charge in [-0.3, -0.25) is 0 Å². The quantitative estimate of drug-likeness (QED) is 0.417. The van der Waals surface area contributed by atoms with Crippen LogP contribution in [0.4, 0.5) is 0 Å². The first-order valence-electron chi connectivity index (χ1n) is 8.46. The number of hydrogen-bond acceptors (Lipinski definition) is 5. The molecule has 0 aliphatic rings. The van der Waals surface area contributed by atoms with Gasteiger partial charge in [-0.25, -0.2) is 4.98 Å². The van der Waals surface area contributed by atoms with Crippen molar-refractivity contribution >= 4 is 23.4 Å². The van der Waals surface area contributed by atoms with Gasteiger partial charge in [0.2, 0.25) is 5.89 Å². The molecule has 0 spiro atoms. The van der Waals surface area contributed by atoms with Crippen LogP contribution < -0.4 is 0 Å². The molecule has 2 aromatic carbocycles. The smallest absolute Gasteiger partial charge is 0.223 e. The maximum atomic E-state index is 6.04. The maximum Gasteiger partial charge on any atom is 0.223 e. The number of benzene rings is 2. The zero-order valence-electron chi connectivity index (χ0n) is 14.7. The van der Waals surface area contributed by atoms with Gasteiger partial charge in [0.15, 0.2) is 11.0 Å². The first-order chi connectivity index (χ1) is 13.2. The van der Waals surface area contributed by atoms with Crippen molar-refractivity contribution in [3.63, 3.8) is 0 Å². The summed E-state index contributed by atoms with van der Waals surface area (Å²) >= 11 is 7.64. The van der Waals surface area contributed by atoms with Crippen LogP contribution in [0.5, 0.6) is 0 Å². The van der Waals surface area contributed by atoms with Gasteiger partial charge in [-0.15, -0.1) is 0 Å². The van der Waals surface area contributed by atoms with E-state index in [1.54, 1.807) is 18.7 Å². The molecule has 4 aromatic rings. The minimum Gasteiger partial charge on any atom is -0.340 e. The van der Waals surface area contributed by atoms with E-state index in [1.807, 2.05) is 48.7 Å². The van der Waals surface area contributed by atoms with Crippen LogP contribution in [0.2, 0.25) is 5.02 Å². The van der Waals surface area contributed by atoms with E-state index < -0.39 is 0 Å². The third-order valence-electron chi connectivity index (χ3n) is 4.04. The Hall–Kier alpha value is -2.57. The van der Waals surface area contributed by atoms with Gasteiger partial charge in [0.05, 0.1) is 24.2 Å². The molecule has 0 aliphatic carbocycles. The van der Waals surface area contributed by atoms with Crippen LogP contribution in [0.25, 0.3) is 11.3 Å². The molecule has 136 valence electrons. The monoisotopic (exact) mass is 396 g/mol. The predicted octanol–water partition coefficient (Wildman–Crippen LogP) is 5.24. The second-order valence-corrected chi connectivity index (χ2v) is 7.40. The Bertz CT molecular complexity index is 1030. The molecule has 4 rings (SSSR count). The molecular formula is C20H17ClN4OS. The summed E-state index contributed by atoms with van der Waals surface area (Å²) in [4.78, 5) is 8.90. The highest BCUT2D eigenvalue weighted by atomic mass is 35.5. The van der Waals surface area contributed by atoms with Crippen LogP contribution in [0.15, 0.2) is 70.5 Å². The van der Waals surface area contributed by atoms with Gasteiger partial charge in [0, 0.05) is 11.9 Å². The minimum atomic E-state index is 0.570. The Balaban J connectivity index is 1.66. The SMILES string of the molecule is Cc1nc(CSc2ncc(-c3ccc(Cl)cc3)n2Cc2ccccc2)no1. The number of aromatic nitrogens is 4. The number of imidazole rings is 1. The topological polar surface area (TPSA) is 56.7 Å². The Labute approximate surface area is 166 Å². The van der Waals surface area contributed by atoms with Gasteiger partial charge in [-0.1, -0.05) is 71.0 Å². The van der Waals surface area contributed by atoms with E-state index in [9.17, 15) is 0 Å². The molecule has 0 unspecified atom stereocenters. The summed E-state index contributed by atoms with van der Waals surface area (Å²) in [6, 6.07) is 18.1. The molecule has 27 heavy (non-hydrogen) atoms. The van der Waals surface area contributed by atoms with Crippen molar-refractivity contribution in [2.24, 2.45) is 0 Å². The highest BCUT2D eigenvalue weighted by Crippen LogP contribution is 2.29. The van der Waals surface area contributed by atoms with Crippen LogP contribution in [-0.4, -0.2) is 19.7 Å². The zero-order valence-corrected chi connectivity index (χ0v) is 16.2. The molecule has 0 N–H and O–H groups in total. The molecule has 0 aliphatic heterocycles. The molecule has 0 saturated carbocycles. The Morgan fingerprint density at radius 3 is 2.56 bits per heavy atom. The Kier molecular flexibility index (Phi) is 5.27. The maximum absolute atomic E-state index is 6.04. The molecule has 0 bridgehead atoms. The summed E-state index contributed by atoms with van der Waals surface area (Å²) in [5, 5.41) is 5.59. The van der Waals surface area contributed by atoms with E-state index in [4.69, 9.17) is 16.1 Å². The predicted molar refractivity (Wildman–Crippen MR) is 107 cm³/mol. The third-order valence-corrected chi connectivity index (χ3v) is 5.28. The highest BCUT2D eigenvalue weighted by molar-refractivity contribution is 7.98. The normalized spacial score (nSPS) is 11.0. The number of halogens is 1. The fourth-order valence-corrected chi connectivity index (χ4v) is 3.72. The molecule has 2 heterocycles. The second kappa shape index (κ2) is 7.98. The number of rotatable bonds is 6. The summed E-state index contributed by atoms with van der Waals surface area (Å²) < 4.78 is 7.25. The van der Waals surface area contributed by atoms with E-state index in [2.05, 4.69) is 31.8 Å². The van der Waals surface area contributed by atoms with Crippen molar-refractivity contribution in [1.82, 2.24) is 19.7 Å². The van der Waals surface area contributed by atoms with Crippen molar-refractivity contribution in [2.75, 3.05) is 0 Å². The third kappa shape index (κ3) is 4.23. The van der Waals surface area contributed by atoms with E-state index in [1.165, 1.54) is 5.56 Å². The Morgan fingerprint density at radius 2 is 1.85 bits per heavy atom. The summed E-state index contributed by atoms with van der Waals surface area (Å²) in [7, 11) is 0. The van der Waals surface area contributed by atoms with Gasteiger partial charge in [0.25, 0.3) is 0 Å². The Morgan fingerprint density at radius 1 is 1.07 bits per heavy atom. The zero-order chi connectivity index (χ0) is 18.6. The van der Waals surface area contributed by atoms with Crippen LogP contribution in [0.3, 0.4) is 0 Å². The molecular weight excluding hydrogens is 380 g/mol. The van der Waals surface area contributed by atoms with Gasteiger partial charge in [0.1, 0.15) is 0 Å². The lowest BCUT2D eigenvalue weighted by Gasteiger charge is -2.12. The fraction of sp³-hybridized carbons (Fsp3) is 0.150. The first kappa shape index (κ1) is 17.8. The summed E-state index contributed by atoms with van der Waals surface area (Å²) in [5.41, 5.74) is 3.33. The van der Waals surface area contributed by atoms with Crippen molar-refractivity contribution < 1.29 is 4.52 Å². The number of thioether (sulfide) groups is 1. The molecule has 2 aromatic heterocycles. The average Bonchev–Trinajstić information content (AvgIpc) is 3.28. The average molecular weight is 397 g/mol. The first-order valence-corrected chi connectivity index (χ1v) is 9.83. The molecule has 0 fully saturated rings. The van der Waals surface area contributed by atoms with Gasteiger partial charge < -0.3 is 9.09 Å². The molecule has 0 radical (unpaired) electrons. The van der Waals surface area contributed by atoms with Gasteiger partial charge >= 0.3 is 0 Å². The van der Waals surface area contributed by atoms with Crippen molar-refractivity contribution in [3.05, 3.63) is 83.1 Å². The van der Waals surface area contributed by atoms with Crippen LogP contribution in [-0.2, 0) is 12.3 Å².